The number of amides is 1. The van der Waals surface area contributed by atoms with Crippen LogP contribution in [0.5, 0.6) is 0 Å². The van der Waals surface area contributed by atoms with Gasteiger partial charge in [0.05, 0.1) is 23.6 Å². The van der Waals surface area contributed by atoms with E-state index in [-0.39, 0.29) is 17.8 Å². The second-order valence-corrected chi connectivity index (χ2v) is 8.35. The quantitative estimate of drug-likeness (QED) is 0.386. The van der Waals surface area contributed by atoms with Crippen LogP contribution in [0.1, 0.15) is 56.4 Å². The highest BCUT2D eigenvalue weighted by atomic mass is 79.9. The van der Waals surface area contributed by atoms with Crippen molar-refractivity contribution in [1.29, 1.82) is 0 Å². The zero-order valence-corrected chi connectivity index (χ0v) is 20.4. The van der Waals surface area contributed by atoms with Gasteiger partial charge in [-0.1, -0.05) is 32.9 Å². The van der Waals surface area contributed by atoms with Crippen LogP contribution in [0.4, 0.5) is 4.39 Å². The summed E-state index contributed by atoms with van der Waals surface area (Å²) < 4.78 is 15.6. The first-order valence-electron chi connectivity index (χ1n) is 9.91. The van der Waals surface area contributed by atoms with E-state index in [1.165, 1.54) is 29.9 Å². The SMILES string of the molecule is C=Cc1c(/C(=C\C)C(=O)NC(C)c2nc(Br)cs2)cnn1-c1ccc(F)cc1.CCC. The fraction of sp³-hybridized carbons (Fsp3) is 0.261. The largest absolute Gasteiger partial charge is 0.343 e. The van der Waals surface area contributed by atoms with E-state index in [1.54, 1.807) is 42.1 Å². The molecule has 1 N–H and O–H groups in total. The minimum atomic E-state index is -0.326. The molecule has 8 heteroatoms. The summed E-state index contributed by atoms with van der Waals surface area (Å²) in [5.74, 6) is -0.560. The first kappa shape index (κ1) is 24.7. The fourth-order valence-corrected chi connectivity index (χ4v) is 4.03. The second kappa shape index (κ2) is 11.7. The maximum Gasteiger partial charge on any atom is 0.252 e. The predicted molar refractivity (Wildman–Crippen MR) is 130 cm³/mol. The molecule has 164 valence electrons. The number of rotatable bonds is 6. The first-order chi connectivity index (χ1) is 14.9. The van der Waals surface area contributed by atoms with Gasteiger partial charge in [0.15, 0.2) is 0 Å². The third-order valence-corrected chi connectivity index (χ3v) is 5.84. The standard InChI is InChI=1S/C20H18BrFN4OS.C3H8/c1-4-15(19(27)24-12(3)20-25-18(21)11-28-20)16-10-23-26(17(16)5-2)14-8-6-13(22)7-9-14;1-3-2/h4-12H,2H2,1,3H3,(H,24,27);3H2,1-2H3/b15-4+;. The Morgan fingerprint density at radius 2 is 2.00 bits per heavy atom. The van der Waals surface area contributed by atoms with Crippen molar-refractivity contribution < 1.29 is 9.18 Å². The minimum Gasteiger partial charge on any atom is -0.343 e. The van der Waals surface area contributed by atoms with Gasteiger partial charge in [0, 0.05) is 16.5 Å². The number of nitrogens with one attached hydrogen (secondary N) is 1. The van der Waals surface area contributed by atoms with Crippen molar-refractivity contribution in [2.24, 2.45) is 0 Å². The van der Waals surface area contributed by atoms with Gasteiger partial charge in [-0.25, -0.2) is 14.1 Å². The lowest BCUT2D eigenvalue weighted by Crippen LogP contribution is -2.27. The third-order valence-electron chi connectivity index (χ3n) is 4.11. The van der Waals surface area contributed by atoms with Crippen molar-refractivity contribution in [1.82, 2.24) is 20.1 Å². The minimum absolute atomic E-state index is 0.233. The number of allylic oxidation sites excluding steroid dienone is 1. The van der Waals surface area contributed by atoms with Gasteiger partial charge in [-0.3, -0.25) is 4.79 Å². The molecule has 0 aliphatic heterocycles. The lowest BCUT2D eigenvalue weighted by molar-refractivity contribution is -0.116. The van der Waals surface area contributed by atoms with Crippen LogP contribution in [-0.4, -0.2) is 20.7 Å². The van der Waals surface area contributed by atoms with E-state index >= 15 is 0 Å². The van der Waals surface area contributed by atoms with E-state index in [9.17, 15) is 9.18 Å². The number of nitrogens with zero attached hydrogens (tertiary/aromatic N) is 3. The van der Waals surface area contributed by atoms with Gasteiger partial charge < -0.3 is 5.32 Å². The van der Waals surface area contributed by atoms with Crippen LogP contribution in [0, 0.1) is 5.82 Å². The zero-order chi connectivity index (χ0) is 23.0. The van der Waals surface area contributed by atoms with E-state index in [1.807, 2.05) is 12.3 Å². The zero-order valence-electron chi connectivity index (χ0n) is 18.0. The molecule has 0 saturated heterocycles. The third kappa shape index (κ3) is 6.21. The molecule has 3 aromatic rings. The van der Waals surface area contributed by atoms with E-state index in [0.717, 1.165) is 9.61 Å². The number of thiazole rings is 1. The van der Waals surface area contributed by atoms with Gasteiger partial charge in [0.1, 0.15) is 15.4 Å². The Morgan fingerprint density at radius 1 is 1.35 bits per heavy atom. The Balaban J connectivity index is 0.00000107. The average Bonchev–Trinajstić information content (AvgIpc) is 3.36. The Bertz CT molecular complexity index is 1060. The molecule has 2 heterocycles. The van der Waals surface area contributed by atoms with E-state index < -0.39 is 0 Å². The lowest BCUT2D eigenvalue weighted by Gasteiger charge is -2.13. The van der Waals surface area contributed by atoms with Gasteiger partial charge in [-0.15, -0.1) is 11.3 Å². The monoisotopic (exact) mass is 504 g/mol. The van der Waals surface area contributed by atoms with Crippen LogP contribution in [0.3, 0.4) is 0 Å². The summed E-state index contributed by atoms with van der Waals surface area (Å²) in [6.07, 6.45) is 6.22. The topological polar surface area (TPSA) is 59.8 Å². The van der Waals surface area contributed by atoms with Crippen molar-refractivity contribution in [3.8, 4) is 5.69 Å². The number of carbonyl (C=O) groups excluding carboxylic acids is 1. The summed E-state index contributed by atoms with van der Waals surface area (Å²) in [5, 5.41) is 10.0. The van der Waals surface area contributed by atoms with Crippen LogP contribution in [-0.2, 0) is 4.79 Å². The fourth-order valence-electron chi connectivity index (χ4n) is 2.76. The molecule has 1 amide bonds. The predicted octanol–water partition coefficient (Wildman–Crippen LogP) is 6.57. The van der Waals surface area contributed by atoms with Crippen LogP contribution in [0.15, 0.2) is 53.1 Å². The number of hydrogen-bond donors (Lipinski definition) is 1. The summed E-state index contributed by atoms with van der Waals surface area (Å²) in [5.41, 5.74) is 2.46. The molecule has 0 fully saturated rings. The molecule has 0 radical (unpaired) electrons. The van der Waals surface area contributed by atoms with Crippen LogP contribution in [0.2, 0.25) is 0 Å². The highest BCUT2D eigenvalue weighted by Crippen LogP contribution is 2.26. The van der Waals surface area contributed by atoms with Gasteiger partial charge in [0.25, 0.3) is 5.91 Å². The molecule has 31 heavy (non-hydrogen) atoms. The molecule has 0 spiro atoms. The normalized spacial score (nSPS) is 12.0. The van der Waals surface area contributed by atoms with Crippen molar-refractivity contribution >= 4 is 44.8 Å². The molecule has 2 aromatic heterocycles. The highest BCUT2D eigenvalue weighted by Gasteiger charge is 2.21. The Morgan fingerprint density at radius 3 is 2.52 bits per heavy atom. The van der Waals surface area contributed by atoms with E-state index in [2.05, 4.69) is 51.8 Å². The molecule has 3 rings (SSSR count). The molecule has 1 atom stereocenters. The molecular formula is C23H26BrFN4OS. The summed E-state index contributed by atoms with van der Waals surface area (Å²) in [7, 11) is 0. The molecule has 5 nitrogen and oxygen atoms in total. The second-order valence-electron chi connectivity index (χ2n) is 6.65. The molecule has 0 saturated carbocycles. The van der Waals surface area contributed by atoms with Gasteiger partial charge in [-0.05, 0) is 60.1 Å². The van der Waals surface area contributed by atoms with Crippen molar-refractivity contribution in [3.05, 3.63) is 75.2 Å². The number of aromatic nitrogens is 3. The van der Waals surface area contributed by atoms with Crippen molar-refractivity contribution in [3.63, 3.8) is 0 Å². The Labute approximate surface area is 194 Å². The van der Waals surface area contributed by atoms with Crippen LogP contribution < -0.4 is 5.32 Å². The number of benzene rings is 1. The van der Waals surface area contributed by atoms with Crippen molar-refractivity contribution in [2.45, 2.75) is 40.2 Å². The van der Waals surface area contributed by atoms with E-state index in [4.69, 9.17) is 0 Å². The Kier molecular flexibility index (Phi) is 9.33. The smallest absolute Gasteiger partial charge is 0.252 e. The number of hydrogen-bond acceptors (Lipinski definition) is 4. The average molecular weight is 505 g/mol. The maximum absolute atomic E-state index is 13.2. The number of carbonyl (C=O) groups is 1. The summed E-state index contributed by atoms with van der Waals surface area (Å²) in [4.78, 5) is 17.2. The van der Waals surface area contributed by atoms with Gasteiger partial charge in [-0.2, -0.15) is 5.10 Å². The molecule has 0 bridgehead atoms. The van der Waals surface area contributed by atoms with Crippen molar-refractivity contribution in [2.75, 3.05) is 0 Å². The van der Waals surface area contributed by atoms with Crippen LogP contribution >= 0.6 is 27.3 Å². The molecule has 1 aromatic carbocycles. The number of halogens is 2. The van der Waals surface area contributed by atoms with Gasteiger partial charge >= 0.3 is 0 Å². The van der Waals surface area contributed by atoms with Gasteiger partial charge in [0.2, 0.25) is 0 Å². The maximum atomic E-state index is 13.2. The first-order valence-corrected chi connectivity index (χ1v) is 11.6. The molecular weight excluding hydrogens is 479 g/mol. The molecule has 0 aliphatic carbocycles. The Hall–Kier alpha value is -2.58. The lowest BCUT2D eigenvalue weighted by atomic mass is 10.0. The summed E-state index contributed by atoms with van der Waals surface area (Å²) >= 11 is 4.79. The summed E-state index contributed by atoms with van der Waals surface area (Å²) in [6.45, 7) is 11.8. The van der Waals surface area contributed by atoms with Crippen LogP contribution in [0.25, 0.3) is 17.3 Å². The molecule has 0 aliphatic rings. The molecule has 1 unspecified atom stereocenters. The highest BCUT2D eigenvalue weighted by molar-refractivity contribution is 9.10. The van der Waals surface area contributed by atoms with E-state index in [0.29, 0.717) is 22.5 Å². The summed E-state index contributed by atoms with van der Waals surface area (Å²) in [6, 6.07) is 5.73.